The van der Waals surface area contributed by atoms with Gasteiger partial charge in [-0.15, -0.1) is 11.3 Å². The van der Waals surface area contributed by atoms with E-state index in [1.807, 2.05) is 24.1 Å². The van der Waals surface area contributed by atoms with Gasteiger partial charge in [-0.05, 0) is 6.07 Å². The highest BCUT2D eigenvalue weighted by Gasteiger charge is 2.17. The SMILES string of the molecule is Cn1nccc1CCNCc1cnc(C(C)(C)C)s1. The molecule has 0 saturated carbocycles. The standard InChI is InChI=1S/C14H22N4S/c1-14(2,3)13-16-10-12(19-13)9-15-7-5-11-6-8-17-18(11)4/h6,8,10,15H,5,7,9H2,1-4H3. The molecule has 0 radical (unpaired) electrons. The summed E-state index contributed by atoms with van der Waals surface area (Å²) in [5.41, 5.74) is 1.41. The fourth-order valence-electron chi connectivity index (χ4n) is 1.81. The Hall–Kier alpha value is -1.20. The molecule has 1 N–H and O–H groups in total. The van der Waals surface area contributed by atoms with Gasteiger partial charge >= 0.3 is 0 Å². The summed E-state index contributed by atoms with van der Waals surface area (Å²) in [6.07, 6.45) is 4.83. The van der Waals surface area contributed by atoms with Gasteiger partial charge in [0, 0.05) is 54.9 Å². The molecule has 0 aliphatic carbocycles. The molecule has 0 spiro atoms. The van der Waals surface area contributed by atoms with Crippen molar-refractivity contribution in [2.45, 2.75) is 39.2 Å². The third kappa shape index (κ3) is 3.88. The van der Waals surface area contributed by atoms with Crippen molar-refractivity contribution >= 4 is 11.3 Å². The number of nitrogens with one attached hydrogen (secondary N) is 1. The smallest absolute Gasteiger partial charge is 0.0981 e. The van der Waals surface area contributed by atoms with Crippen LogP contribution in [0, 0.1) is 0 Å². The first-order valence-corrected chi connectivity index (χ1v) is 7.41. The van der Waals surface area contributed by atoms with Crippen molar-refractivity contribution in [1.29, 1.82) is 0 Å². The zero-order valence-corrected chi connectivity index (χ0v) is 12.9. The maximum atomic E-state index is 4.49. The number of hydrogen-bond donors (Lipinski definition) is 1. The number of aromatic nitrogens is 3. The number of nitrogens with zero attached hydrogens (tertiary/aromatic N) is 3. The molecule has 0 aliphatic rings. The van der Waals surface area contributed by atoms with Crippen LogP contribution >= 0.6 is 11.3 Å². The van der Waals surface area contributed by atoms with Gasteiger partial charge in [0.1, 0.15) is 0 Å². The summed E-state index contributed by atoms with van der Waals surface area (Å²) in [5.74, 6) is 0. The lowest BCUT2D eigenvalue weighted by atomic mass is 9.98. The lowest BCUT2D eigenvalue weighted by molar-refractivity contribution is 0.585. The Labute approximate surface area is 118 Å². The van der Waals surface area contributed by atoms with Crippen LogP contribution < -0.4 is 5.32 Å². The maximum Gasteiger partial charge on any atom is 0.0981 e. The van der Waals surface area contributed by atoms with E-state index in [1.165, 1.54) is 15.6 Å². The fraction of sp³-hybridized carbons (Fsp3) is 0.571. The molecule has 2 aromatic rings. The molecule has 2 heterocycles. The van der Waals surface area contributed by atoms with Gasteiger partial charge in [-0.25, -0.2) is 4.98 Å². The predicted octanol–water partition coefficient (Wildman–Crippen LogP) is 2.51. The van der Waals surface area contributed by atoms with Crippen LogP contribution in [-0.2, 0) is 25.4 Å². The van der Waals surface area contributed by atoms with Gasteiger partial charge in [-0.1, -0.05) is 20.8 Å². The van der Waals surface area contributed by atoms with Crippen LogP contribution in [0.15, 0.2) is 18.5 Å². The van der Waals surface area contributed by atoms with E-state index in [0.717, 1.165) is 19.5 Å². The number of rotatable bonds is 5. The minimum atomic E-state index is 0.150. The molecule has 0 atom stereocenters. The topological polar surface area (TPSA) is 42.7 Å². The molecule has 0 bridgehead atoms. The van der Waals surface area contributed by atoms with Gasteiger partial charge in [0.2, 0.25) is 0 Å². The lowest BCUT2D eigenvalue weighted by Gasteiger charge is -2.13. The van der Waals surface area contributed by atoms with Crippen LogP contribution in [0.1, 0.15) is 36.3 Å². The van der Waals surface area contributed by atoms with Gasteiger partial charge < -0.3 is 5.32 Å². The minimum Gasteiger partial charge on any atom is -0.311 e. The first kappa shape index (κ1) is 14.2. The van der Waals surface area contributed by atoms with Crippen LogP contribution in [0.2, 0.25) is 0 Å². The van der Waals surface area contributed by atoms with E-state index in [4.69, 9.17) is 0 Å². The summed E-state index contributed by atoms with van der Waals surface area (Å²) >= 11 is 1.80. The average Bonchev–Trinajstić information content (AvgIpc) is 2.93. The van der Waals surface area contributed by atoms with E-state index < -0.39 is 0 Å². The summed E-state index contributed by atoms with van der Waals surface area (Å²) in [5, 5.41) is 8.83. The summed E-state index contributed by atoms with van der Waals surface area (Å²) in [7, 11) is 1.98. The Balaban J connectivity index is 1.77. The molecule has 0 amide bonds. The molecule has 104 valence electrons. The van der Waals surface area contributed by atoms with Crippen molar-refractivity contribution < 1.29 is 0 Å². The molecule has 0 fully saturated rings. The summed E-state index contributed by atoms with van der Waals surface area (Å²) in [4.78, 5) is 5.80. The molecule has 19 heavy (non-hydrogen) atoms. The van der Waals surface area contributed by atoms with Crippen LogP contribution in [0.25, 0.3) is 0 Å². The van der Waals surface area contributed by atoms with E-state index in [1.54, 1.807) is 11.3 Å². The number of aryl methyl sites for hydroxylation is 1. The highest BCUT2D eigenvalue weighted by atomic mass is 32.1. The van der Waals surface area contributed by atoms with Crippen LogP contribution in [0.4, 0.5) is 0 Å². The predicted molar refractivity (Wildman–Crippen MR) is 79.4 cm³/mol. The molecule has 5 heteroatoms. The van der Waals surface area contributed by atoms with E-state index >= 15 is 0 Å². The largest absolute Gasteiger partial charge is 0.311 e. The zero-order valence-electron chi connectivity index (χ0n) is 12.1. The summed E-state index contributed by atoms with van der Waals surface area (Å²) in [6, 6.07) is 2.06. The van der Waals surface area contributed by atoms with Crippen LogP contribution in [-0.4, -0.2) is 21.3 Å². The Bertz CT molecular complexity index is 522. The second kappa shape index (κ2) is 5.84. The third-order valence-corrected chi connectivity index (χ3v) is 4.40. The molecule has 2 aromatic heterocycles. The first-order valence-electron chi connectivity index (χ1n) is 6.59. The van der Waals surface area contributed by atoms with E-state index in [9.17, 15) is 0 Å². The molecular formula is C14H22N4S. The van der Waals surface area contributed by atoms with Crippen molar-refractivity contribution in [1.82, 2.24) is 20.1 Å². The van der Waals surface area contributed by atoms with E-state index in [-0.39, 0.29) is 5.41 Å². The first-order chi connectivity index (χ1) is 8.97. The fourth-order valence-corrected chi connectivity index (χ4v) is 2.75. The van der Waals surface area contributed by atoms with Gasteiger partial charge in [0.25, 0.3) is 0 Å². The van der Waals surface area contributed by atoms with Crippen molar-refractivity contribution in [3.8, 4) is 0 Å². The van der Waals surface area contributed by atoms with Gasteiger partial charge in [0.15, 0.2) is 0 Å². The summed E-state index contributed by atoms with van der Waals surface area (Å²) < 4.78 is 1.92. The highest BCUT2D eigenvalue weighted by molar-refractivity contribution is 7.11. The second-order valence-electron chi connectivity index (χ2n) is 5.75. The van der Waals surface area contributed by atoms with Gasteiger partial charge in [-0.3, -0.25) is 4.68 Å². The summed E-state index contributed by atoms with van der Waals surface area (Å²) in [6.45, 7) is 8.45. The Morgan fingerprint density at radius 1 is 1.37 bits per heavy atom. The minimum absolute atomic E-state index is 0.150. The van der Waals surface area contributed by atoms with Crippen LogP contribution in [0.3, 0.4) is 0 Å². The average molecular weight is 278 g/mol. The van der Waals surface area contributed by atoms with Crippen molar-refractivity contribution in [2.75, 3.05) is 6.54 Å². The molecule has 0 saturated heterocycles. The Morgan fingerprint density at radius 2 is 2.16 bits per heavy atom. The molecule has 4 nitrogen and oxygen atoms in total. The number of hydrogen-bond acceptors (Lipinski definition) is 4. The second-order valence-corrected chi connectivity index (χ2v) is 6.87. The maximum absolute atomic E-state index is 4.49. The van der Waals surface area contributed by atoms with E-state index in [0.29, 0.717) is 0 Å². The quantitative estimate of drug-likeness (QED) is 0.855. The lowest BCUT2D eigenvalue weighted by Crippen LogP contribution is -2.17. The Morgan fingerprint density at radius 3 is 2.74 bits per heavy atom. The van der Waals surface area contributed by atoms with Gasteiger partial charge in [0.05, 0.1) is 5.01 Å². The number of thiazole rings is 1. The molecule has 0 unspecified atom stereocenters. The molecular weight excluding hydrogens is 256 g/mol. The van der Waals surface area contributed by atoms with Gasteiger partial charge in [-0.2, -0.15) is 5.10 Å². The van der Waals surface area contributed by atoms with Crippen molar-refractivity contribution in [2.24, 2.45) is 7.05 Å². The zero-order chi connectivity index (χ0) is 13.9. The monoisotopic (exact) mass is 278 g/mol. The molecule has 2 rings (SSSR count). The third-order valence-electron chi connectivity index (χ3n) is 2.97. The normalized spacial score (nSPS) is 12.0. The van der Waals surface area contributed by atoms with Crippen molar-refractivity contribution in [3.05, 3.63) is 34.0 Å². The molecule has 0 aliphatic heterocycles. The van der Waals surface area contributed by atoms with E-state index in [2.05, 4.69) is 42.2 Å². The Kier molecular flexibility index (Phi) is 4.37. The van der Waals surface area contributed by atoms with Crippen molar-refractivity contribution in [3.63, 3.8) is 0 Å². The molecule has 0 aromatic carbocycles. The highest BCUT2D eigenvalue weighted by Crippen LogP contribution is 2.26. The van der Waals surface area contributed by atoms with Crippen LogP contribution in [0.5, 0.6) is 0 Å².